The van der Waals surface area contributed by atoms with E-state index in [0.717, 1.165) is 0 Å². The largest absolute Gasteiger partial charge is 0.502 e. The molecule has 2 amide bonds. The van der Waals surface area contributed by atoms with Crippen LogP contribution >= 0.6 is 0 Å². The highest BCUT2D eigenvalue weighted by Crippen LogP contribution is 2.55. The molecule has 0 bridgehead atoms. The molecular weight excluding hydrogens is 599 g/mol. The topological polar surface area (TPSA) is 197 Å². The van der Waals surface area contributed by atoms with Crippen LogP contribution < -0.4 is 40.8 Å². The van der Waals surface area contributed by atoms with Gasteiger partial charge < -0.3 is 39.4 Å². The summed E-state index contributed by atoms with van der Waals surface area (Å²) in [6, 6.07) is 5.90. The van der Waals surface area contributed by atoms with Crippen molar-refractivity contribution >= 4 is 17.8 Å². The van der Waals surface area contributed by atoms with Crippen molar-refractivity contribution in [1.82, 2.24) is 20.2 Å². The molecule has 1 fully saturated rings. The van der Waals surface area contributed by atoms with E-state index in [1.54, 1.807) is 29.2 Å². The van der Waals surface area contributed by atoms with E-state index in [1.165, 1.54) is 14.2 Å². The number of H-pyrrole nitrogens is 1. The molecule has 236 valence electrons. The van der Waals surface area contributed by atoms with E-state index in [2.05, 4.69) is 10.6 Å². The predicted molar refractivity (Wildman–Crippen MR) is 149 cm³/mol. The van der Waals surface area contributed by atoms with Gasteiger partial charge in [0.25, 0.3) is 5.56 Å². The highest BCUT2D eigenvalue weighted by Gasteiger charge is 2.53. The van der Waals surface area contributed by atoms with E-state index < -0.39 is 71.7 Å². The number of phenols is 1. The van der Waals surface area contributed by atoms with Crippen LogP contribution in [0.1, 0.15) is 28.7 Å². The third-order valence-electron chi connectivity index (χ3n) is 8.09. The fourth-order valence-corrected chi connectivity index (χ4v) is 6.06. The van der Waals surface area contributed by atoms with Gasteiger partial charge in [0.2, 0.25) is 30.2 Å². The van der Waals surface area contributed by atoms with Gasteiger partial charge >= 0.3 is 11.7 Å². The number of aromatic hydroxyl groups is 1. The summed E-state index contributed by atoms with van der Waals surface area (Å²) < 4.78 is 41.7. The number of aromatic amines is 1. The number of rotatable bonds is 8. The minimum absolute atomic E-state index is 0.0156. The molecule has 2 aromatic carbocycles. The smallest absolute Gasteiger partial charge is 0.328 e. The summed E-state index contributed by atoms with van der Waals surface area (Å²) in [5.41, 5.74) is -0.381. The van der Waals surface area contributed by atoms with Crippen molar-refractivity contribution < 1.29 is 47.6 Å². The van der Waals surface area contributed by atoms with Crippen molar-refractivity contribution in [3.63, 3.8) is 0 Å². The first-order valence-corrected chi connectivity index (χ1v) is 13.7. The van der Waals surface area contributed by atoms with Gasteiger partial charge in [-0.15, -0.1) is 0 Å². The number of cyclic esters (lactones) is 1. The summed E-state index contributed by atoms with van der Waals surface area (Å²) >= 11 is 0. The van der Waals surface area contributed by atoms with E-state index in [-0.39, 0.29) is 30.6 Å². The van der Waals surface area contributed by atoms with Gasteiger partial charge in [0, 0.05) is 11.8 Å². The first-order chi connectivity index (χ1) is 21.6. The van der Waals surface area contributed by atoms with Gasteiger partial charge in [-0.3, -0.25) is 28.7 Å². The molecule has 1 aliphatic carbocycles. The molecule has 0 unspecified atom stereocenters. The molecule has 1 saturated heterocycles. The highest BCUT2D eigenvalue weighted by molar-refractivity contribution is 5.85. The molecule has 6 rings (SSSR count). The van der Waals surface area contributed by atoms with Crippen LogP contribution in [0.3, 0.4) is 0 Å². The van der Waals surface area contributed by atoms with Crippen molar-refractivity contribution in [3.05, 3.63) is 73.8 Å². The number of halogens is 1. The zero-order chi connectivity index (χ0) is 32.0. The summed E-state index contributed by atoms with van der Waals surface area (Å²) in [6.45, 7) is -1.20. The lowest BCUT2D eigenvalue weighted by Crippen LogP contribution is -2.46. The monoisotopic (exact) mass is 626 g/mol. The molecule has 45 heavy (non-hydrogen) atoms. The number of amides is 2. The second kappa shape index (κ2) is 11.5. The number of carbonyl (C=O) groups is 3. The number of fused-ring (bicyclic) bond motifs is 3. The zero-order valence-electron chi connectivity index (χ0n) is 23.9. The lowest BCUT2D eigenvalue weighted by Gasteiger charge is -2.39. The zero-order valence-corrected chi connectivity index (χ0v) is 23.9. The number of phenolic OH excluding ortho intramolecular Hbond substituents is 1. The Morgan fingerprint density at radius 1 is 1.02 bits per heavy atom. The maximum absolute atomic E-state index is 13.6. The van der Waals surface area contributed by atoms with Crippen LogP contribution in [-0.2, 0) is 25.7 Å². The Morgan fingerprint density at radius 2 is 1.69 bits per heavy atom. The maximum atomic E-state index is 13.6. The lowest BCUT2D eigenvalue weighted by atomic mass is 9.65. The van der Waals surface area contributed by atoms with E-state index in [4.69, 9.17) is 23.7 Å². The van der Waals surface area contributed by atoms with E-state index in [1.807, 2.05) is 0 Å². The highest BCUT2D eigenvalue weighted by atomic mass is 19.1. The molecule has 3 aliphatic rings. The molecule has 4 N–H and O–H groups in total. The number of methoxy groups -OCH3 is 2. The average molecular weight is 627 g/mol. The number of hydrogen-bond donors (Lipinski definition) is 4. The van der Waals surface area contributed by atoms with Crippen molar-refractivity contribution in [2.45, 2.75) is 18.5 Å². The van der Waals surface area contributed by atoms with Crippen molar-refractivity contribution in [3.8, 4) is 28.7 Å². The first-order valence-electron chi connectivity index (χ1n) is 13.7. The Labute approximate surface area is 252 Å². The summed E-state index contributed by atoms with van der Waals surface area (Å²) in [5, 5.41) is 15.8. The molecule has 15 nitrogen and oxygen atoms in total. The van der Waals surface area contributed by atoms with Gasteiger partial charge in [-0.05, 0) is 41.0 Å². The Kier molecular flexibility index (Phi) is 7.56. The standard InChI is InChI=1S/C29H27FN4O11/c1-41-19-3-12(4-20(42-2)26(19)37)23-13-5-17-18(45-11-44-17)6-14(13)25(15-10-43-28(39)24(15)23)32-21(35)7-31-22(36)9-34-8-16(30)27(38)33-29(34)40/h3-6,8,15,23-25,37H,7,9-11H2,1-2H3,(H,31,36)(H,32,35)(H,33,38,40)/t15-,23+,24-,25+/m0/s1. The van der Waals surface area contributed by atoms with Crippen molar-refractivity contribution in [1.29, 1.82) is 0 Å². The number of nitrogens with zero attached hydrogens (tertiary/aromatic N) is 1. The fraction of sp³-hybridized carbons (Fsp3) is 0.345. The summed E-state index contributed by atoms with van der Waals surface area (Å²) in [5.74, 6) is -4.19. The van der Waals surface area contributed by atoms with Crippen LogP contribution in [0, 0.1) is 17.7 Å². The predicted octanol–water partition coefficient (Wildman–Crippen LogP) is 0.0356. The SMILES string of the molecule is COc1cc([C@@H]2c3cc4c(cc3[C@@H](NC(=O)CNC(=O)Cn3cc(F)c(=O)[nH]c3=O)[C@H]3COC(=O)[C@H]23)OCO4)cc(OC)c1O. The Hall–Kier alpha value is -5.54. The van der Waals surface area contributed by atoms with Gasteiger partial charge in [0.1, 0.15) is 6.54 Å². The number of esters is 1. The van der Waals surface area contributed by atoms with Crippen LogP contribution in [0.2, 0.25) is 0 Å². The number of carbonyl (C=O) groups excluding carboxylic acids is 3. The number of ether oxygens (including phenoxy) is 5. The second-order valence-electron chi connectivity index (χ2n) is 10.6. The quantitative estimate of drug-likeness (QED) is 0.246. The normalized spacial score (nSPS) is 20.9. The van der Waals surface area contributed by atoms with Crippen LogP contribution in [0.5, 0.6) is 28.7 Å². The molecule has 0 spiro atoms. The van der Waals surface area contributed by atoms with Crippen molar-refractivity contribution in [2.75, 3.05) is 34.2 Å². The maximum Gasteiger partial charge on any atom is 0.328 e. The fourth-order valence-electron chi connectivity index (χ4n) is 6.06. The van der Waals surface area contributed by atoms with Crippen LogP contribution in [-0.4, -0.2) is 66.6 Å². The molecule has 4 atom stereocenters. The molecule has 0 saturated carbocycles. The Morgan fingerprint density at radius 3 is 2.36 bits per heavy atom. The first kappa shape index (κ1) is 29.5. The van der Waals surface area contributed by atoms with Crippen LogP contribution in [0.4, 0.5) is 4.39 Å². The Balaban J connectivity index is 1.31. The van der Waals surface area contributed by atoms with E-state index in [0.29, 0.717) is 39.0 Å². The second-order valence-corrected chi connectivity index (χ2v) is 10.6. The molecule has 3 heterocycles. The lowest BCUT2D eigenvalue weighted by molar-refractivity contribution is -0.141. The van der Waals surface area contributed by atoms with Crippen molar-refractivity contribution in [2.24, 2.45) is 11.8 Å². The summed E-state index contributed by atoms with van der Waals surface area (Å²) in [4.78, 5) is 63.7. The number of hydrogen-bond acceptors (Lipinski definition) is 11. The summed E-state index contributed by atoms with van der Waals surface area (Å²) in [6.07, 6.45) is 0.594. The van der Waals surface area contributed by atoms with E-state index in [9.17, 15) is 33.5 Å². The van der Waals surface area contributed by atoms with Gasteiger partial charge in [0.05, 0.1) is 45.5 Å². The van der Waals surface area contributed by atoms with Gasteiger partial charge in [-0.2, -0.15) is 4.39 Å². The van der Waals surface area contributed by atoms with E-state index >= 15 is 0 Å². The number of aromatic nitrogens is 2. The number of nitrogens with one attached hydrogen (secondary N) is 3. The molecule has 0 radical (unpaired) electrons. The molecular formula is C29H27FN4O11. The minimum Gasteiger partial charge on any atom is -0.502 e. The molecule has 1 aromatic heterocycles. The summed E-state index contributed by atoms with van der Waals surface area (Å²) in [7, 11) is 2.78. The third kappa shape index (κ3) is 5.27. The average Bonchev–Trinajstić information content (AvgIpc) is 3.64. The molecule has 2 aliphatic heterocycles. The Bertz CT molecular complexity index is 1810. The molecule has 3 aromatic rings. The van der Waals surface area contributed by atoms with Crippen LogP contribution in [0.15, 0.2) is 40.1 Å². The molecule has 16 heteroatoms. The van der Waals surface area contributed by atoms with Gasteiger partial charge in [-0.25, -0.2) is 4.79 Å². The van der Waals surface area contributed by atoms with Gasteiger partial charge in [0.15, 0.2) is 23.0 Å². The third-order valence-corrected chi connectivity index (χ3v) is 8.09. The van der Waals surface area contributed by atoms with Crippen LogP contribution in [0.25, 0.3) is 0 Å². The minimum atomic E-state index is -1.25. The number of benzene rings is 2. The van der Waals surface area contributed by atoms with Gasteiger partial charge in [-0.1, -0.05) is 0 Å².